The summed E-state index contributed by atoms with van der Waals surface area (Å²) in [5, 5.41) is 9.70. The Hall–Kier alpha value is -2.00. The van der Waals surface area contributed by atoms with Gasteiger partial charge in [0.15, 0.2) is 6.79 Å². The summed E-state index contributed by atoms with van der Waals surface area (Å²) in [6.07, 6.45) is 1.72. The van der Waals surface area contributed by atoms with Crippen LogP contribution in [0.4, 0.5) is 0 Å². The molecule has 100 valence electrons. The van der Waals surface area contributed by atoms with Crippen molar-refractivity contribution in [2.75, 3.05) is 13.9 Å². The van der Waals surface area contributed by atoms with Gasteiger partial charge < -0.3 is 14.6 Å². The zero-order valence-corrected chi connectivity index (χ0v) is 11.0. The molecule has 0 saturated heterocycles. The fraction of sp³-hybridized carbons (Fsp3) is 0.250. The lowest BCUT2D eigenvalue weighted by Gasteiger charge is -2.07. The lowest BCUT2D eigenvalue weighted by Crippen LogP contribution is -1.99. The van der Waals surface area contributed by atoms with Gasteiger partial charge >= 0.3 is 0 Å². The van der Waals surface area contributed by atoms with E-state index < -0.39 is 0 Å². The molecule has 2 aromatic rings. The maximum Gasteiger partial charge on any atom is 0.188 e. The van der Waals surface area contributed by atoms with Gasteiger partial charge in [-0.2, -0.15) is 0 Å². The Bertz CT molecular complexity index is 506. The molecular weight excluding hydrogens is 240 g/mol. The molecule has 0 saturated carbocycles. The molecule has 0 fully saturated rings. The second-order valence-electron chi connectivity index (χ2n) is 4.32. The van der Waals surface area contributed by atoms with Crippen LogP contribution in [0.3, 0.4) is 0 Å². The van der Waals surface area contributed by atoms with Crippen LogP contribution in [0.1, 0.15) is 11.1 Å². The van der Waals surface area contributed by atoms with E-state index in [1.54, 1.807) is 13.2 Å². The molecule has 3 nitrogen and oxygen atoms in total. The van der Waals surface area contributed by atoms with Crippen molar-refractivity contribution < 1.29 is 14.6 Å². The van der Waals surface area contributed by atoms with Crippen LogP contribution in [0.25, 0.3) is 0 Å². The summed E-state index contributed by atoms with van der Waals surface area (Å²) < 4.78 is 10.2. The number of hydrogen-bond acceptors (Lipinski definition) is 3. The highest BCUT2D eigenvalue weighted by Gasteiger charge is 2.01. The monoisotopic (exact) mass is 258 g/mol. The SMILES string of the molecule is COCOc1ccc(CCc2ccccc2O)cc1. The first-order chi connectivity index (χ1) is 9.29. The molecule has 2 aromatic carbocycles. The smallest absolute Gasteiger partial charge is 0.188 e. The highest BCUT2D eigenvalue weighted by Crippen LogP contribution is 2.19. The summed E-state index contributed by atoms with van der Waals surface area (Å²) >= 11 is 0. The Morgan fingerprint density at radius 1 is 0.947 bits per heavy atom. The summed E-state index contributed by atoms with van der Waals surface area (Å²) in [6.45, 7) is 0.261. The average molecular weight is 258 g/mol. The number of methoxy groups -OCH3 is 1. The van der Waals surface area contributed by atoms with E-state index in [2.05, 4.69) is 0 Å². The Balaban J connectivity index is 1.91. The van der Waals surface area contributed by atoms with Crippen molar-refractivity contribution >= 4 is 0 Å². The standard InChI is InChI=1S/C16H18O3/c1-18-12-19-15-10-7-13(8-11-15)6-9-14-4-2-3-5-16(14)17/h2-5,7-8,10-11,17H,6,9,12H2,1H3. The van der Waals surface area contributed by atoms with Crippen molar-refractivity contribution in [3.8, 4) is 11.5 Å². The van der Waals surface area contributed by atoms with Gasteiger partial charge in [0.1, 0.15) is 11.5 Å². The molecule has 0 aromatic heterocycles. The van der Waals surface area contributed by atoms with Gasteiger partial charge in [0.05, 0.1) is 0 Å². The fourth-order valence-electron chi connectivity index (χ4n) is 1.88. The predicted molar refractivity (Wildman–Crippen MR) is 74.5 cm³/mol. The van der Waals surface area contributed by atoms with Gasteiger partial charge in [0.25, 0.3) is 0 Å². The second kappa shape index (κ2) is 6.81. The van der Waals surface area contributed by atoms with Gasteiger partial charge in [-0.25, -0.2) is 0 Å². The molecule has 1 N–H and O–H groups in total. The Morgan fingerprint density at radius 2 is 1.68 bits per heavy atom. The number of phenols is 1. The van der Waals surface area contributed by atoms with Crippen LogP contribution in [0.15, 0.2) is 48.5 Å². The number of aromatic hydroxyl groups is 1. The van der Waals surface area contributed by atoms with Crippen molar-refractivity contribution in [3.05, 3.63) is 59.7 Å². The van der Waals surface area contributed by atoms with Crippen molar-refractivity contribution in [2.45, 2.75) is 12.8 Å². The Labute approximate surface area is 113 Å². The van der Waals surface area contributed by atoms with Crippen molar-refractivity contribution in [1.29, 1.82) is 0 Å². The van der Waals surface area contributed by atoms with Crippen LogP contribution in [0.2, 0.25) is 0 Å². The van der Waals surface area contributed by atoms with E-state index in [1.165, 1.54) is 5.56 Å². The third-order valence-corrected chi connectivity index (χ3v) is 2.94. The summed E-state index contributed by atoms with van der Waals surface area (Å²) in [6, 6.07) is 15.4. The molecule has 0 unspecified atom stereocenters. The van der Waals surface area contributed by atoms with E-state index in [-0.39, 0.29) is 6.79 Å². The largest absolute Gasteiger partial charge is 0.508 e. The predicted octanol–water partition coefficient (Wildman–Crippen LogP) is 3.16. The van der Waals surface area contributed by atoms with Gasteiger partial charge in [0.2, 0.25) is 0 Å². The number of benzene rings is 2. The molecule has 0 amide bonds. The first kappa shape index (κ1) is 13.4. The van der Waals surface area contributed by atoms with E-state index in [9.17, 15) is 5.11 Å². The van der Waals surface area contributed by atoms with Crippen LogP contribution in [-0.4, -0.2) is 19.0 Å². The molecule has 0 bridgehead atoms. The van der Waals surface area contributed by atoms with E-state index in [0.29, 0.717) is 5.75 Å². The minimum Gasteiger partial charge on any atom is -0.508 e. The van der Waals surface area contributed by atoms with E-state index in [4.69, 9.17) is 9.47 Å². The van der Waals surface area contributed by atoms with Gasteiger partial charge in [-0.1, -0.05) is 30.3 Å². The zero-order valence-electron chi connectivity index (χ0n) is 11.0. The molecule has 0 aliphatic rings. The summed E-state index contributed by atoms with van der Waals surface area (Å²) in [5.41, 5.74) is 2.19. The average Bonchev–Trinajstić information content (AvgIpc) is 2.45. The van der Waals surface area contributed by atoms with Crippen LogP contribution >= 0.6 is 0 Å². The van der Waals surface area contributed by atoms with Crippen molar-refractivity contribution in [3.63, 3.8) is 0 Å². The van der Waals surface area contributed by atoms with Crippen molar-refractivity contribution in [1.82, 2.24) is 0 Å². The molecule has 0 radical (unpaired) electrons. The quantitative estimate of drug-likeness (QED) is 0.809. The van der Waals surface area contributed by atoms with E-state index >= 15 is 0 Å². The van der Waals surface area contributed by atoms with Crippen LogP contribution in [-0.2, 0) is 17.6 Å². The van der Waals surface area contributed by atoms with Gasteiger partial charge in [0, 0.05) is 7.11 Å². The molecule has 0 atom stereocenters. The van der Waals surface area contributed by atoms with Crippen LogP contribution < -0.4 is 4.74 Å². The summed E-state index contributed by atoms with van der Waals surface area (Å²) in [7, 11) is 1.60. The molecule has 19 heavy (non-hydrogen) atoms. The molecule has 0 aliphatic heterocycles. The van der Waals surface area contributed by atoms with Gasteiger partial charge in [-0.15, -0.1) is 0 Å². The van der Waals surface area contributed by atoms with Crippen LogP contribution in [0.5, 0.6) is 11.5 Å². The highest BCUT2D eigenvalue weighted by atomic mass is 16.7. The summed E-state index contributed by atoms with van der Waals surface area (Å²) in [5.74, 6) is 1.16. The maximum absolute atomic E-state index is 9.70. The fourth-order valence-corrected chi connectivity index (χ4v) is 1.88. The number of hydrogen-bond donors (Lipinski definition) is 1. The lowest BCUT2D eigenvalue weighted by atomic mass is 10.0. The number of phenolic OH excluding ortho intramolecular Hbond substituents is 1. The number of aryl methyl sites for hydroxylation is 2. The highest BCUT2D eigenvalue weighted by molar-refractivity contribution is 5.33. The van der Waals surface area contributed by atoms with Crippen molar-refractivity contribution in [2.24, 2.45) is 0 Å². The normalized spacial score (nSPS) is 10.4. The molecular formula is C16H18O3. The zero-order chi connectivity index (χ0) is 13.5. The number of rotatable bonds is 6. The van der Waals surface area contributed by atoms with Crippen LogP contribution in [0, 0.1) is 0 Å². The molecule has 2 rings (SSSR count). The minimum atomic E-state index is 0.261. The molecule has 3 heteroatoms. The molecule has 0 aliphatic carbocycles. The third-order valence-electron chi connectivity index (χ3n) is 2.94. The number of para-hydroxylation sites is 1. The lowest BCUT2D eigenvalue weighted by molar-refractivity contribution is 0.0511. The molecule has 0 heterocycles. The van der Waals surface area contributed by atoms with E-state index in [0.717, 1.165) is 24.2 Å². The van der Waals surface area contributed by atoms with Gasteiger partial charge in [-0.3, -0.25) is 0 Å². The minimum absolute atomic E-state index is 0.261. The first-order valence-corrected chi connectivity index (χ1v) is 6.27. The third kappa shape index (κ3) is 4.00. The first-order valence-electron chi connectivity index (χ1n) is 6.27. The van der Waals surface area contributed by atoms with Gasteiger partial charge in [-0.05, 0) is 42.2 Å². The summed E-state index contributed by atoms with van der Waals surface area (Å²) in [4.78, 5) is 0. The Kier molecular flexibility index (Phi) is 4.81. The Morgan fingerprint density at radius 3 is 2.37 bits per heavy atom. The maximum atomic E-state index is 9.70. The topological polar surface area (TPSA) is 38.7 Å². The number of ether oxygens (including phenoxy) is 2. The van der Waals surface area contributed by atoms with E-state index in [1.807, 2.05) is 42.5 Å². The molecule has 0 spiro atoms. The second-order valence-corrected chi connectivity index (χ2v) is 4.32.